The number of nitrogens with one attached hydrogen (secondary N) is 1. The molecule has 0 aliphatic heterocycles. The molecule has 0 atom stereocenters. The molecular weight excluding hydrogens is 257 g/mol. The molecule has 1 aromatic heterocycles. The summed E-state index contributed by atoms with van der Waals surface area (Å²) in [6, 6.07) is 5.47. The number of benzene rings is 1. The second-order valence-corrected chi connectivity index (χ2v) is 4.05. The van der Waals surface area contributed by atoms with Gasteiger partial charge in [0.15, 0.2) is 5.69 Å². The van der Waals surface area contributed by atoms with Crippen LogP contribution in [0, 0.1) is 5.82 Å². The number of hydrogen-bond acceptors (Lipinski definition) is 2. The van der Waals surface area contributed by atoms with Crippen molar-refractivity contribution in [2.75, 3.05) is 5.32 Å². The summed E-state index contributed by atoms with van der Waals surface area (Å²) in [5.41, 5.74) is 0.645. The summed E-state index contributed by atoms with van der Waals surface area (Å²) < 4.78 is 14.3. The van der Waals surface area contributed by atoms with Crippen molar-refractivity contribution in [3.8, 4) is 0 Å². The number of hydrogen-bond donors (Lipinski definition) is 1. The molecule has 0 aliphatic carbocycles. The fourth-order valence-corrected chi connectivity index (χ4v) is 1.67. The summed E-state index contributed by atoms with van der Waals surface area (Å²) in [6.45, 7) is 2.52. The SMILES string of the molecule is CCn1cc(Cl)c(C(=O)Nc2ccc(F)cc2)n1. The first-order valence-electron chi connectivity index (χ1n) is 5.40. The fraction of sp³-hybridized carbons (Fsp3) is 0.167. The molecule has 0 bridgehead atoms. The van der Waals surface area contributed by atoms with E-state index >= 15 is 0 Å². The average molecular weight is 268 g/mol. The van der Waals surface area contributed by atoms with Gasteiger partial charge >= 0.3 is 0 Å². The van der Waals surface area contributed by atoms with Gasteiger partial charge in [0.1, 0.15) is 5.82 Å². The van der Waals surface area contributed by atoms with E-state index in [1.165, 1.54) is 24.3 Å². The van der Waals surface area contributed by atoms with Crippen molar-refractivity contribution in [3.63, 3.8) is 0 Å². The normalized spacial score (nSPS) is 10.4. The van der Waals surface area contributed by atoms with Crippen LogP contribution in [0.3, 0.4) is 0 Å². The van der Waals surface area contributed by atoms with Gasteiger partial charge in [-0.15, -0.1) is 0 Å². The molecule has 1 amide bonds. The fourth-order valence-electron chi connectivity index (χ4n) is 1.44. The van der Waals surface area contributed by atoms with Gasteiger partial charge in [0, 0.05) is 18.4 Å². The lowest BCUT2D eigenvalue weighted by Crippen LogP contribution is -2.13. The molecule has 0 unspecified atom stereocenters. The number of aryl methyl sites for hydroxylation is 1. The van der Waals surface area contributed by atoms with E-state index in [1.54, 1.807) is 10.9 Å². The van der Waals surface area contributed by atoms with Crippen molar-refractivity contribution >= 4 is 23.2 Å². The quantitative estimate of drug-likeness (QED) is 0.929. The second-order valence-electron chi connectivity index (χ2n) is 3.64. The molecule has 0 radical (unpaired) electrons. The number of carbonyl (C=O) groups is 1. The zero-order valence-corrected chi connectivity index (χ0v) is 10.4. The molecule has 0 saturated heterocycles. The van der Waals surface area contributed by atoms with Gasteiger partial charge in [-0.3, -0.25) is 9.48 Å². The maximum absolute atomic E-state index is 12.7. The topological polar surface area (TPSA) is 46.9 Å². The zero-order valence-electron chi connectivity index (χ0n) is 9.65. The third kappa shape index (κ3) is 2.68. The van der Waals surface area contributed by atoms with E-state index in [0.29, 0.717) is 12.2 Å². The largest absolute Gasteiger partial charge is 0.321 e. The Bertz CT molecular complexity index is 565. The molecule has 94 valence electrons. The summed E-state index contributed by atoms with van der Waals surface area (Å²) in [5, 5.41) is 6.93. The Kier molecular flexibility index (Phi) is 3.62. The summed E-state index contributed by atoms with van der Waals surface area (Å²) in [5.74, 6) is -0.778. The van der Waals surface area contributed by atoms with Crippen LogP contribution in [-0.4, -0.2) is 15.7 Å². The molecule has 2 aromatic rings. The third-order valence-electron chi connectivity index (χ3n) is 2.36. The Labute approximate surface area is 108 Å². The standard InChI is InChI=1S/C12H11ClFN3O/c1-2-17-7-10(13)11(16-17)12(18)15-9-5-3-8(14)4-6-9/h3-7H,2H2,1H3,(H,15,18). The van der Waals surface area contributed by atoms with Gasteiger partial charge in [-0.1, -0.05) is 11.6 Å². The lowest BCUT2D eigenvalue weighted by atomic mass is 10.3. The minimum absolute atomic E-state index is 0.155. The molecule has 0 spiro atoms. The number of amides is 1. The van der Waals surface area contributed by atoms with E-state index < -0.39 is 5.91 Å². The molecule has 2 rings (SSSR count). The van der Waals surface area contributed by atoms with Gasteiger partial charge in [-0.05, 0) is 31.2 Å². The molecule has 4 nitrogen and oxygen atoms in total. The lowest BCUT2D eigenvalue weighted by molar-refractivity contribution is 0.102. The molecule has 6 heteroatoms. The van der Waals surface area contributed by atoms with Crippen LogP contribution in [0.2, 0.25) is 5.02 Å². The number of nitrogens with zero attached hydrogens (tertiary/aromatic N) is 2. The first-order chi connectivity index (χ1) is 8.60. The number of aromatic nitrogens is 2. The van der Waals surface area contributed by atoms with Crippen molar-refractivity contribution in [3.05, 3.63) is 47.0 Å². The Morgan fingerprint density at radius 1 is 1.44 bits per heavy atom. The smallest absolute Gasteiger partial charge is 0.277 e. The summed E-state index contributed by atoms with van der Waals surface area (Å²) >= 11 is 5.91. The zero-order chi connectivity index (χ0) is 13.1. The minimum Gasteiger partial charge on any atom is -0.321 e. The maximum atomic E-state index is 12.7. The van der Waals surface area contributed by atoms with Gasteiger partial charge in [0.05, 0.1) is 5.02 Å². The van der Waals surface area contributed by atoms with Crippen LogP contribution in [0.15, 0.2) is 30.5 Å². The van der Waals surface area contributed by atoms with Crippen LogP contribution in [0.25, 0.3) is 0 Å². The summed E-state index contributed by atoms with van der Waals surface area (Å²) in [7, 11) is 0. The first-order valence-corrected chi connectivity index (χ1v) is 5.78. The monoisotopic (exact) mass is 267 g/mol. The molecule has 0 fully saturated rings. The van der Waals surface area contributed by atoms with Crippen LogP contribution in [0.1, 0.15) is 17.4 Å². The number of anilines is 1. The number of halogens is 2. The number of carbonyl (C=O) groups excluding carboxylic acids is 1. The Hall–Kier alpha value is -1.88. The first kappa shape index (κ1) is 12.6. The Balaban J connectivity index is 2.16. The van der Waals surface area contributed by atoms with Crippen LogP contribution in [-0.2, 0) is 6.54 Å². The minimum atomic E-state index is -0.418. The average Bonchev–Trinajstić information content (AvgIpc) is 2.73. The van der Waals surface area contributed by atoms with Crippen molar-refractivity contribution in [1.82, 2.24) is 9.78 Å². The van der Waals surface area contributed by atoms with Gasteiger partial charge in [0.2, 0.25) is 0 Å². The molecular formula is C12H11ClFN3O. The van der Waals surface area contributed by atoms with Crippen molar-refractivity contribution in [2.24, 2.45) is 0 Å². The van der Waals surface area contributed by atoms with E-state index in [4.69, 9.17) is 11.6 Å². The summed E-state index contributed by atoms with van der Waals surface area (Å²) in [6.07, 6.45) is 1.58. The molecule has 0 aliphatic rings. The van der Waals surface area contributed by atoms with E-state index in [9.17, 15) is 9.18 Å². The maximum Gasteiger partial charge on any atom is 0.277 e. The predicted molar refractivity (Wildman–Crippen MR) is 67.3 cm³/mol. The van der Waals surface area contributed by atoms with Gasteiger partial charge < -0.3 is 5.32 Å². The van der Waals surface area contributed by atoms with E-state index in [1.807, 2.05) is 6.92 Å². The highest BCUT2D eigenvalue weighted by Gasteiger charge is 2.15. The molecule has 1 heterocycles. The predicted octanol–water partition coefficient (Wildman–Crippen LogP) is 2.95. The van der Waals surface area contributed by atoms with E-state index in [-0.39, 0.29) is 16.5 Å². The highest BCUT2D eigenvalue weighted by Crippen LogP contribution is 2.16. The Morgan fingerprint density at radius 3 is 2.67 bits per heavy atom. The van der Waals surface area contributed by atoms with E-state index in [0.717, 1.165) is 0 Å². The Morgan fingerprint density at radius 2 is 2.11 bits per heavy atom. The van der Waals surface area contributed by atoms with Gasteiger partial charge in [-0.2, -0.15) is 5.10 Å². The molecule has 18 heavy (non-hydrogen) atoms. The highest BCUT2D eigenvalue weighted by atomic mass is 35.5. The third-order valence-corrected chi connectivity index (χ3v) is 2.63. The molecule has 1 N–H and O–H groups in total. The van der Waals surface area contributed by atoms with Crippen LogP contribution < -0.4 is 5.32 Å². The second kappa shape index (κ2) is 5.18. The van der Waals surface area contributed by atoms with Crippen molar-refractivity contribution in [1.29, 1.82) is 0 Å². The van der Waals surface area contributed by atoms with Crippen LogP contribution >= 0.6 is 11.6 Å². The van der Waals surface area contributed by atoms with Gasteiger partial charge in [-0.25, -0.2) is 4.39 Å². The number of rotatable bonds is 3. The van der Waals surface area contributed by atoms with Crippen molar-refractivity contribution < 1.29 is 9.18 Å². The lowest BCUT2D eigenvalue weighted by Gasteiger charge is -2.03. The van der Waals surface area contributed by atoms with Gasteiger partial charge in [0.25, 0.3) is 5.91 Å². The molecule has 1 aromatic carbocycles. The molecule has 0 saturated carbocycles. The van der Waals surface area contributed by atoms with Crippen LogP contribution in [0.5, 0.6) is 0 Å². The van der Waals surface area contributed by atoms with Crippen LogP contribution in [0.4, 0.5) is 10.1 Å². The highest BCUT2D eigenvalue weighted by molar-refractivity contribution is 6.34. The van der Waals surface area contributed by atoms with Crippen molar-refractivity contribution in [2.45, 2.75) is 13.5 Å². The van der Waals surface area contributed by atoms with E-state index in [2.05, 4.69) is 10.4 Å². The summed E-state index contributed by atoms with van der Waals surface area (Å²) in [4.78, 5) is 11.9.